The van der Waals surface area contributed by atoms with Gasteiger partial charge in [0.15, 0.2) is 5.71 Å². The maximum Gasteiger partial charge on any atom is 0.217 e. The van der Waals surface area contributed by atoms with Crippen molar-refractivity contribution in [3.8, 4) is 0 Å². The molecule has 2 aliphatic heterocycles. The molecule has 0 saturated heterocycles. The zero-order valence-electron chi connectivity index (χ0n) is 28.4. The number of nitrogens with zero attached hydrogens (tertiary/aromatic N) is 2. The molecule has 2 heterocycles. The van der Waals surface area contributed by atoms with Crippen LogP contribution in [0.1, 0.15) is 57.2 Å². The molecule has 1 aliphatic carbocycles. The molecule has 2 nitrogen and oxygen atoms in total. The van der Waals surface area contributed by atoms with Gasteiger partial charge in [-0.05, 0) is 77.5 Å². The maximum absolute atomic E-state index is 2.42. The largest absolute Gasteiger partial charge is 0.347 e. The van der Waals surface area contributed by atoms with Crippen LogP contribution in [0.25, 0.3) is 27.1 Å². The highest BCUT2D eigenvalue weighted by atomic mass is 15.2. The fourth-order valence-corrected chi connectivity index (χ4v) is 8.63. The Labute approximate surface area is 279 Å². The van der Waals surface area contributed by atoms with Crippen molar-refractivity contribution >= 4 is 44.2 Å². The second kappa shape index (κ2) is 10.8. The third kappa shape index (κ3) is 4.49. The van der Waals surface area contributed by atoms with Crippen LogP contribution in [0.15, 0.2) is 144 Å². The van der Waals surface area contributed by atoms with E-state index < -0.39 is 0 Å². The third-order valence-electron chi connectivity index (χ3n) is 11.1. The highest BCUT2D eigenvalue weighted by Crippen LogP contribution is 2.50. The van der Waals surface area contributed by atoms with Gasteiger partial charge in [0, 0.05) is 35.2 Å². The first-order valence-electron chi connectivity index (χ1n) is 17.0. The van der Waals surface area contributed by atoms with Crippen molar-refractivity contribution in [1.82, 2.24) is 0 Å². The minimum Gasteiger partial charge on any atom is -0.347 e. The molecule has 0 spiro atoms. The number of anilines is 1. The van der Waals surface area contributed by atoms with Gasteiger partial charge in [-0.25, -0.2) is 0 Å². The van der Waals surface area contributed by atoms with E-state index in [4.69, 9.17) is 0 Å². The Morgan fingerprint density at radius 1 is 0.638 bits per heavy atom. The van der Waals surface area contributed by atoms with Crippen LogP contribution in [0.5, 0.6) is 0 Å². The second-order valence-electron chi connectivity index (χ2n) is 14.5. The fourth-order valence-electron chi connectivity index (χ4n) is 8.63. The Hall–Kier alpha value is -4.95. The van der Waals surface area contributed by atoms with Gasteiger partial charge in [0.25, 0.3) is 0 Å². The third-order valence-corrected chi connectivity index (χ3v) is 11.1. The summed E-state index contributed by atoms with van der Waals surface area (Å²) < 4.78 is 2.42. The van der Waals surface area contributed by atoms with Crippen LogP contribution >= 0.6 is 0 Å². The number of rotatable bonds is 4. The van der Waals surface area contributed by atoms with Crippen molar-refractivity contribution < 1.29 is 4.58 Å². The minimum atomic E-state index is -0.0857. The van der Waals surface area contributed by atoms with E-state index in [0.717, 1.165) is 12.8 Å². The lowest BCUT2D eigenvalue weighted by Crippen LogP contribution is -2.26. The Morgan fingerprint density at radius 3 is 2.02 bits per heavy atom. The van der Waals surface area contributed by atoms with Crippen LogP contribution in [-0.2, 0) is 10.8 Å². The van der Waals surface area contributed by atoms with Gasteiger partial charge in [-0.3, -0.25) is 0 Å². The zero-order valence-corrected chi connectivity index (χ0v) is 28.4. The van der Waals surface area contributed by atoms with E-state index >= 15 is 0 Å². The molecule has 3 aliphatic rings. The smallest absolute Gasteiger partial charge is 0.217 e. The van der Waals surface area contributed by atoms with Gasteiger partial charge >= 0.3 is 0 Å². The summed E-state index contributed by atoms with van der Waals surface area (Å²) in [6.45, 7) is 9.46. The van der Waals surface area contributed by atoms with Gasteiger partial charge in [0.2, 0.25) is 5.69 Å². The molecule has 8 rings (SSSR count). The summed E-state index contributed by atoms with van der Waals surface area (Å²) >= 11 is 0. The quantitative estimate of drug-likeness (QED) is 0.183. The van der Waals surface area contributed by atoms with Crippen molar-refractivity contribution in [2.45, 2.75) is 51.4 Å². The van der Waals surface area contributed by atoms with Gasteiger partial charge in [0.1, 0.15) is 7.05 Å². The van der Waals surface area contributed by atoms with Crippen LogP contribution < -0.4 is 4.90 Å². The van der Waals surface area contributed by atoms with E-state index in [1.807, 2.05) is 0 Å². The summed E-state index contributed by atoms with van der Waals surface area (Å²) in [6, 6.07) is 37.7. The van der Waals surface area contributed by atoms with Gasteiger partial charge < -0.3 is 4.90 Å². The summed E-state index contributed by atoms with van der Waals surface area (Å²) in [5.41, 5.74) is 13.4. The highest BCUT2D eigenvalue weighted by Gasteiger charge is 2.44. The number of allylic oxidation sites excluding steroid dienone is 8. The average Bonchev–Trinajstić information content (AvgIpc) is 3.64. The van der Waals surface area contributed by atoms with Gasteiger partial charge in [-0.15, -0.1) is 0 Å². The van der Waals surface area contributed by atoms with Crippen molar-refractivity contribution in [3.05, 3.63) is 161 Å². The molecule has 0 atom stereocenters. The fraction of sp³-hybridized carbons (Fsp3) is 0.222. The molecular formula is C45H43N2+. The lowest BCUT2D eigenvalue weighted by Gasteiger charge is -2.24. The van der Waals surface area contributed by atoms with Gasteiger partial charge in [-0.2, -0.15) is 4.58 Å². The number of benzene rings is 5. The molecule has 0 radical (unpaired) electrons. The summed E-state index contributed by atoms with van der Waals surface area (Å²) in [5.74, 6) is 0. The minimum absolute atomic E-state index is 0.0857. The monoisotopic (exact) mass is 611 g/mol. The predicted molar refractivity (Wildman–Crippen MR) is 201 cm³/mol. The lowest BCUT2D eigenvalue weighted by atomic mass is 9.80. The van der Waals surface area contributed by atoms with Crippen molar-refractivity contribution in [1.29, 1.82) is 0 Å². The van der Waals surface area contributed by atoms with E-state index in [-0.39, 0.29) is 10.8 Å². The number of hydrogen-bond donors (Lipinski definition) is 0. The molecule has 0 saturated carbocycles. The van der Waals surface area contributed by atoms with E-state index in [0.29, 0.717) is 0 Å². The maximum atomic E-state index is 2.42. The molecule has 0 fully saturated rings. The zero-order chi connectivity index (χ0) is 32.5. The van der Waals surface area contributed by atoms with E-state index in [2.05, 4.69) is 179 Å². The molecule has 5 aromatic carbocycles. The summed E-state index contributed by atoms with van der Waals surface area (Å²) in [7, 11) is 4.47. The van der Waals surface area contributed by atoms with Crippen molar-refractivity contribution in [2.75, 3.05) is 19.0 Å². The Balaban J connectivity index is 1.21. The second-order valence-corrected chi connectivity index (χ2v) is 14.5. The number of likely N-dealkylation sites (N-methyl/N-ethyl adjacent to an activating group) is 1. The van der Waals surface area contributed by atoms with Crippen LogP contribution in [0.3, 0.4) is 0 Å². The van der Waals surface area contributed by atoms with Crippen LogP contribution in [-0.4, -0.2) is 24.4 Å². The first kappa shape index (κ1) is 29.5. The number of hydrogen-bond acceptors (Lipinski definition) is 1. The SMILES string of the molecule is CN1/C(=C/C=C2\CCC(/C=C/C3=[N+](C)c4c(ccc5ccccc45)C3(C)C)=C2c2ccccc2)C(C)(C)c2ccc3ccccc3c21. The normalized spacial score (nSPS) is 20.1. The highest BCUT2D eigenvalue weighted by molar-refractivity contribution is 6.07. The molecule has 0 unspecified atom stereocenters. The first-order valence-corrected chi connectivity index (χ1v) is 17.0. The van der Waals surface area contributed by atoms with Crippen molar-refractivity contribution in [3.63, 3.8) is 0 Å². The molecule has 2 heteroatoms. The van der Waals surface area contributed by atoms with Gasteiger partial charge in [0.05, 0.1) is 16.5 Å². The molecule has 0 N–H and O–H groups in total. The Kier molecular flexibility index (Phi) is 6.77. The van der Waals surface area contributed by atoms with E-state index in [1.54, 1.807) is 0 Å². The van der Waals surface area contributed by atoms with Crippen LogP contribution in [0, 0.1) is 0 Å². The van der Waals surface area contributed by atoms with Crippen molar-refractivity contribution in [2.24, 2.45) is 0 Å². The van der Waals surface area contributed by atoms with Crippen LogP contribution in [0.4, 0.5) is 11.4 Å². The van der Waals surface area contributed by atoms with E-state index in [1.165, 1.54) is 77.7 Å². The molecule has 47 heavy (non-hydrogen) atoms. The summed E-state index contributed by atoms with van der Waals surface area (Å²) in [5, 5.41) is 5.23. The molecular weight excluding hydrogens is 569 g/mol. The predicted octanol–water partition coefficient (Wildman–Crippen LogP) is 11.0. The molecule has 0 amide bonds. The number of fused-ring (bicyclic) bond motifs is 6. The molecule has 5 aromatic rings. The summed E-state index contributed by atoms with van der Waals surface area (Å²) in [6.07, 6.45) is 11.7. The van der Waals surface area contributed by atoms with E-state index in [9.17, 15) is 0 Å². The Morgan fingerprint density at radius 2 is 1.28 bits per heavy atom. The molecule has 232 valence electrons. The average molecular weight is 612 g/mol. The topological polar surface area (TPSA) is 6.25 Å². The first-order chi connectivity index (χ1) is 22.7. The molecule has 0 bridgehead atoms. The van der Waals surface area contributed by atoms with Gasteiger partial charge in [-0.1, -0.05) is 123 Å². The lowest BCUT2D eigenvalue weighted by molar-refractivity contribution is -0.399. The Bertz CT molecular complexity index is 2250. The van der Waals surface area contributed by atoms with Crippen LogP contribution in [0.2, 0.25) is 0 Å². The standard InChI is InChI=1S/C45H43N2/c1-44(2)37-26-22-30-14-10-12-18-35(30)42(37)46(5)39(44)28-24-33-20-21-34(41(33)32-16-8-7-9-17-32)25-29-40-45(3,4)38-27-23-31-15-11-13-19-36(31)43(38)47(40)6/h7-19,22-29H,20-21H2,1-6H3/q+1. The summed E-state index contributed by atoms with van der Waals surface area (Å²) in [4.78, 5) is 2.42. The molecule has 0 aromatic heterocycles.